The minimum Gasteiger partial charge on any atom is -0.382 e. The number of aromatic nitrogens is 2. The molecule has 6 nitrogen and oxygen atoms in total. The number of nitrogens with zero attached hydrogens (tertiary/aromatic N) is 5. The standard InChI is InChI=1S/C7H7ClN6/c8-6-4-11-5(7(9)13-6)2-1-3-12-14-10/h1-2,4H,3H2,(H2,9,13). The van der Waals surface area contributed by atoms with Crippen molar-refractivity contribution in [2.24, 2.45) is 5.11 Å². The molecule has 1 aromatic rings. The van der Waals surface area contributed by atoms with Crippen LogP contribution >= 0.6 is 11.6 Å². The third-order valence-electron chi connectivity index (χ3n) is 1.33. The first-order valence-corrected chi connectivity index (χ1v) is 4.07. The molecule has 2 N–H and O–H groups in total. The maximum Gasteiger partial charge on any atom is 0.151 e. The van der Waals surface area contributed by atoms with Crippen LogP contribution in [0.1, 0.15) is 5.69 Å². The molecule has 0 fully saturated rings. The lowest BCUT2D eigenvalue weighted by molar-refractivity contribution is 1.18. The van der Waals surface area contributed by atoms with E-state index in [0.29, 0.717) is 5.69 Å². The molecule has 1 rings (SSSR count). The molecule has 0 unspecified atom stereocenters. The van der Waals surface area contributed by atoms with E-state index in [4.69, 9.17) is 22.9 Å². The molecule has 0 bridgehead atoms. The summed E-state index contributed by atoms with van der Waals surface area (Å²) >= 11 is 5.56. The van der Waals surface area contributed by atoms with Gasteiger partial charge in [-0.15, -0.1) is 0 Å². The fourth-order valence-electron chi connectivity index (χ4n) is 0.767. The zero-order valence-corrected chi connectivity index (χ0v) is 7.89. The molecule has 1 aromatic heterocycles. The molecule has 72 valence electrons. The van der Waals surface area contributed by atoms with Crippen LogP contribution in [0.2, 0.25) is 5.15 Å². The fourth-order valence-corrected chi connectivity index (χ4v) is 0.906. The Balaban J connectivity index is 2.76. The van der Waals surface area contributed by atoms with Gasteiger partial charge in [-0.05, 0) is 11.6 Å². The van der Waals surface area contributed by atoms with Crippen LogP contribution in [-0.4, -0.2) is 16.5 Å². The van der Waals surface area contributed by atoms with Crippen LogP contribution in [0.25, 0.3) is 16.5 Å². The summed E-state index contributed by atoms with van der Waals surface area (Å²) in [6.07, 6.45) is 4.65. The van der Waals surface area contributed by atoms with Crippen LogP contribution < -0.4 is 5.73 Å². The molecule has 0 atom stereocenters. The van der Waals surface area contributed by atoms with Gasteiger partial charge in [0.2, 0.25) is 0 Å². The molecular formula is C7H7ClN6. The van der Waals surface area contributed by atoms with Crippen LogP contribution in [0.15, 0.2) is 17.4 Å². The van der Waals surface area contributed by atoms with Gasteiger partial charge in [0.15, 0.2) is 5.82 Å². The highest BCUT2D eigenvalue weighted by molar-refractivity contribution is 6.29. The lowest BCUT2D eigenvalue weighted by atomic mass is 10.3. The topological polar surface area (TPSA) is 101 Å². The molecule has 0 radical (unpaired) electrons. The predicted octanol–water partition coefficient (Wildman–Crippen LogP) is 2.04. The van der Waals surface area contributed by atoms with Gasteiger partial charge < -0.3 is 5.73 Å². The summed E-state index contributed by atoms with van der Waals surface area (Å²) in [4.78, 5) is 10.3. The van der Waals surface area contributed by atoms with Crippen LogP contribution in [0.4, 0.5) is 5.82 Å². The second-order valence-corrected chi connectivity index (χ2v) is 2.67. The summed E-state index contributed by atoms with van der Waals surface area (Å²) < 4.78 is 0. The van der Waals surface area contributed by atoms with Gasteiger partial charge in [-0.3, -0.25) is 0 Å². The summed E-state index contributed by atoms with van der Waals surface area (Å²) in [5, 5.41) is 3.56. The molecule has 0 amide bonds. The van der Waals surface area contributed by atoms with E-state index in [9.17, 15) is 0 Å². The average molecular weight is 211 g/mol. The highest BCUT2D eigenvalue weighted by atomic mass is 35.5. The molecule has 0 saturated heterocycles. The van der Waals surface area contributed by atoms with Gasteiger partial charge in [-0.2, -0.15) is 0 Å². The van der Waals surface area contributed by atoms with E-state index in [-0.39, 0.29) is 17.5 Å². The summed E-state index contributed by atoms with van der Waals surface area (Å²) in [5.74, 6) is 0.245. The maximum atomic E-state index is 8.01. The van der Waals surface area contributed by atoms with Crippen molar-refractivity contribution in [1.29, 1.82) is 0 Å². The van der Waals surface area contributed by atoms with E-state index in [1.807, 2.05) is 0 Å². The van der Waals surface area contributed by atoms with Gasteiger partial charge in [0.05, 0.1) is 6.20 Å². The Bertz CT molecular complexity index is 395. The third-order valence-corrected chi connectivity index (χ3v) is 1.51. The van der Waals surface area contributed by atoms with Crippen molar-refractivity contribution in [3.63, 3.8) is 0 Å². The first-order chi connectivity index (χ1) is 6.74. The fraction of sp³-hybridized carbons (Fsp3) is 0.143. The van der Waals surface area contributed by atoms with Crippen molar-refractivity contribution in [1.82, 2.24) is 9.97 Å². The Morgan fingerprint density at radius 2 is 2.50 bits per heavy atom. The van der Waals surface area contributed by atoms with Gasteiger partial charge >= 0.3 is 0 Å². The quantitative estimate of drug-likeness (QED) is 0.469. The van der Waals surface area contributed by atoms with Crippen molar-refractivity contribution in [2.45, 2.75) is 0 Å². The Morgan fingerprint density at radius 1 is 1.71 bits per heavy atom. The molecule has 1 heterocycles. The molecule has 0 saturated carbocycles. The molecule has 7 heteroatoms. The van der Waals surface area contributed by atoms with Crippen LogP contribution in [0.5, 0.6) is 0 Å². The van der Waals surface area contributed by atoms with Crippen molar-refractivity contribution in [2.75, 3.05) is 12.3 Å². The van der Waals surface area contributed by atoms with Crippen molar-refractivity contribution < 1.29 is 0 Å². The number of halogens is 1. The molecule has 0 aromatic carbocycles. The summed E-state index contributed by atoms with van der Waals surface area (Å²) in [6, 6.07) is 0. The summed E-state index contributed by atoms with van der Waals surface area (Å²) in [5.41, 5.74) is 14.0. The number of anilines is 1. The highest BCUT2D eigenvalue weighted by Crippen LogP contribution is 2.10. The highest BCUT2D eigenvalue weighted by Gasteiger charge is 1.98. The SMILES string of the molecule is [N-]=[N+]=NCC=Cc1ncc(Cl)nc1N. The molecule has 14 heavy (non-hydrogen) atoms. The molecule has 0 aliphatic heterocycles. The smallest absolute Gasteiger partial charge is 0.151 e. The molecule has 0 spiro atoms. The Labute approximate surface area is 85.1 Å². The number of hydrogen-bond acceptors (Lipinski definition) is 4. The summed E-state index contributed by atoms with van der Waals surface area (Å²) in [6.45, 7) is 0.250. The number of hydrogen-bond donors (Lipinski definition) is 1. The third kappa shape index (κ3) is 2.93. The number of rotatable bonds is 3. The average Bonchev–Trinajstić information content (AvgIpc) is 2.15. The van der Waals surface area contributed by atoms with Crippen LogP contribution in [0.3, 0.4) is 0 Å². The van der Waals surface area contributed by atoms with Crippen molar-refractivity contribution in [3.05, 3.63) is 33.6 Å². The lowest BCUT2D eigenvalue weighted by Crippen LogP contribution is -1.96. The second-order valence-electron chi connectivity index (χ2n) is 2.28. The first kappa shape index (κ1) is 10.3. The number of azide groups is 1. The monoisotopic (exact) mass is 210 g/mol. The number of nitrogen functional groups attached to an aromatic ring is 1. The van der Waals surface area contributed by atoms with Gasteiger partial charge in [0.25, 0.3) is 0 Å². The van der Waals surface area contributed by atoms with E-state index in [1.54, 1.807) is 12.2 Å². The van der Waals surface area contributed by atoms with E-state index >= 15 is 0 Å². The Kier molecular flexibility index (Phi) is 3.72. The molecular weight excluding hydrogens is 204 g/mol. The second kappa shape index (κ2) is 5.06. The van der Waals surface area contributed by atoms with Crippen LogP contribution in [0, 0.1) is 0 Å². The first-order valence-electron chi connectivity index (χ1n) is 3.69. The minimum absolute atomic E-state index is 0.245. The van der Waals surface area contributed by atoms with Crippen molar-refractivity contribution in [3.8, 4) is 0 Å². The Morgan fingerprint density at radius 3 is 3.14 bits per heavy atom. The lowest BCUT2D eigenvalue weighted by Gasteiger charge is -1.97. The zero-order chi connectivity index (χ0) is 10.4. The normalized spacial score (nSPS) is 10.1. The maximum absolute atomic E-state index is 8.01. The largest absolute Gasteiger partial charge is 0.382 e. The summed E-state index contributed by atoms with van der Waals surface area (Å²) in [7, 11) is 0. The van der Waals surface area contributed by atoms with E-state index in [0.717, 1.165) is 0 Å². The van der Waals surface area contributed by atoms with Crippen molar-refractivity contribution >= 4 is 23.5 Å². The molecule has 0 aliphatic carbocycles. The Hall–Kier alpha value is -1.78. The van der Waals surface area contributed by atoms with Gasteiger partial charge in [-0.1, -0.05) is 22.8 Å². The van der Waals surface area contributed by atoms with E-state index in [2.05, 4.69) is 20.0 Å². The predicted molar refractivity (Wildman–Crippen MR) is 54.5 cm³/mol. The zero-order valence-electron chi connectivity index (χ0n) is 7.13. The van der Waals surface area contributed by atoms with Gasteiger partial charge in [-0.25, -0.2) is 9.97 Å². The minimum atomic E-state index is 0.245. The van der Waals surface area contributed by atoms with Gasteiger partial charge in [0.1, 0.15) is 10.8 Å². The molecule has 0 aliphatic rings. The van der Waals surface area contributed by atoms with E-state index < -0.39 is 0 Å². The van der Waals surface area contributed by atoms with E-state index in [1.165, 1.54) is 6.20 Å². The van der Waals surface area contributed by atoms with Crippen LogP contribution in [-0.2, 0) is 0 Å². The van der Waals surface area contributed by atoms with Gasteiger partial charge in [0, 0.05) is 11.5 Å². The number of nitrogens with two attached hydrogens (primary N) is 1.